The Morgan fingerprint density at radius 1 is 1.18 bits per heavy atom. The molecule has 112 valence electrons. The van der Waals surface area contributed by atoms with Gasteiger partial charge in [0.05, 0.1) is 11.7 Å². The number of nitrogens with zero attached hydrogens (tertiary/aromatic N) is 3. The SMILES string of the molecule is CC1CN2C(=NC(c3ccccn3)C2c2ccc(Br)cc2)S1. The normalized spacial score (nSPS) is 26.9. The zero-order valence-electron chi connectivity index (χ0n) is 12.2. The monoisotopic (exact) mass is 373 g/mol. The molecule has 0 saturated carbocycles. The van der Waals surface area contributed by atoms with Crippen LogP contribution in [0.2, 0.25) is 0 Å². The standard InChI is InChI=1S/C17H16BrN3S/c1-11-10-21-16(12-5-7-13(18)8-6-12)15(20-17(21)22-11)14-4-2-3-9-19-14/h2-9,11,15-16H,10H2,1H3. The molecule has 2 aromatic rings. The number of hydrogen-bond acceptors (Lipinski definition) is 4. The van der Waals surface area contributed by atoms with E-state index in [-0.39, 0.29) is 12.1 Å². The van der Waals surface area contributed by atoms with Crippen LogP contribution in [0.3, 0.4) is 0 Å². The van der Waals surface area contributed by atoms with Crippen molar-refractivity contribution in [3.05, 3.63) is 64.4 Å². The molecule has 0 aliphatic carbocycles. The van der Waals surface area contributed by atoms with E-state index >= 15 is 0 Å². The van der Waals surface area contributed by atoms with Gasteiger partial charge in [-0.15, -0.1) is 0 Å². The van der Waals surface area contributed by atoms with E-state index in [0.717, 1.165) is 21.9 Å². The molecule has 1 aromatic carbocycles. The molecule has 4 rings (SSSR count). The summed E-state index contributed by atoms with van der Waals surface area (Å²) in [6.45, 7) is 3.31. The van der Waals surface area contributed by atoms with E-state index < -0.39 is 0 Å². The summed E-state index contributed by atoms with van der Waals surface area (Å²) in [5.74, 6) is 0. The number of rotatable bonds is 2. The highest BCUT2D eigenvalue weighted by Crippen LogP contribution is 2.47. The van der Waals surface area contributed by atoms with Crippen LogP contribution in [-0.2, 0) is 0 Å². The van der Waals surface area contributed by atoms with Crippen molar-refractivity contribution in [2.45, 2.75) is 24.3 Å². The van der Waals surface area contributed by atoms with Gasteiger partial charge in [0.1, 0.15) is 6.04 Å². The van der Waals surface area contributed by atoms with Gasteiger partial charge < -0.3 is 4.90 Å². The summed E-state index contributed by atoms with van der Waals surface area (Å²) in [5, 5.41) is 1.76. The minimum absolute atomic E-state index is 0.0809. The fourth-order valence-electron chi connectivity index (χ4n) is 3.14. The first-order chi connectivity index (χ1) is 10.7. The molecule has 0 spiro atoms. The summed E-state index contributed by atoms with van der Waals surface area (Å²) >= 11 is 5.40. The van der Waals surface area contributed by atoms with Crippen molar-refractivity contribution >= 4 is 32.9 Å². The van der Waals surface area contributed by atoms with Crippen LogP contribution < -0.4 is 0 Å². The third kappa shape index (κ3) is 2.46. The first kappa shape index (κ1) is 14.3. The second-order valence-electron chi connectivity index (χ2n) is 5.69. The van der Waals surface area contributed by atoms with Gasteiger partial charge in [0.2, 0.25) is 0 Å². The third-order valence-electron chi connectivity index (χ3n) is 4.09. The number of pyridine rings is 1. The summed E-state index contributed by atoms with van der Waals surface area (Å²) in [5.41, 5.74) is 2.35. The van der Waals surface area contributed by atoms with Crippen LogP contribution in [0.5, 0.6) is 0 Å². The average molecular weight is 374 g/mol. The smallest absolute Gasteiger partial charge is 0.160 e. The van der Waals surface area contributed by atoms with Crippen molar-refractivity contribution in [2.75, 3.05) is 6.54 Å². The minimum Gasteiger partial charge on any atom is -0.341 e. The molecule has 2 aliphatic rings. The van der Waals surface area contributed by atoms with E-state index in [0.29, 0.717) is 5.25 Å². The molecule has 1 saturated heterocycles. The Morgan fingerprint density at radius 3 is 2.73 bits per heavy atom. The highest BCUT2D eigenvalue weighted by molar-refractivity contribution is 9.10. The lowest BCUT2D eigenvalue weighted by atomic mass is 9.96. The molecule has 22 heavy (non-hydrogen) atoms. The number of aromatic nitrogens is 1. The van der Waals surface area contributed by atoms with Crippen molar-refractivity contribution in [3.63, 3.8) is 0 Å². The maximum Gasteiger partial charge on any atom is 0.160 e. The van der Waals surface area contributed by atoms with Gasteiger partial charge in [0.25, 0.3) is 0 Å². The van der Waals surface area contributed by atoms with E-state index in [9.17, 15) is 0 Å². The fourth-order valence-corrected chi connectivity index (χ4v) is 4.50. The summed E-state index contributed by atoms with van der Waals surface area (Å²) in [7, 11) is 0. The van der Waals surface area contributed by atoms with Gasteiger partial charge in [-0.2, -0.15) is 0 Å². The molecule has 3 nitrogen and oxygen atoms in total. The number of halogens is 1. The number of thioether (sulfide) groups is 1. The molecule has 0 radical (unpaired) electrons. The zero-order valence-corrected chi connectivity index (χ0v) is 14.6. The van der Waals surface area contributed by atoms with Gasteiger partial charge >= 0.3 is 0 Å². The molecular formula is C17H16BrN3S. The topological polar surface area (TPSA) is 28.5 Å². The maximum absolute atomic E-state index is 4.98. The van der Waals surface area contributed by atoms with Crippen LogP contribution in [0.25, 0.3) is 0 Å². The largest absolute Gasteiger partial charge is 0.341 e. The van der Waals surface area contributed by atoms with E-state index in [1.54, 1.807) is 0 Å². The van der Waals surface area contributed by atoms with E-state index in [4.69, 9.17) is 4.99 Å². The zero-order chi connectivity index (χ0) is 15.1. The lowest BCUT2D eigenvalue weighted by Crippen LogP contribution is -2.28. The lowest BCUT2D eigenvalue weighted by Gasteiger charge is -2.27. The molecule has 0 bridgehead atoms. The van der Waals surface area contributed by atoms with Crippen LogP contribution in [0, 0.1) is 0 Å². The summed E-state index contributed by atoms with van der Waals surface area (Å²) in [4.78, 5) is 12.0. The molecule has 1 fully saturated rings. The Morgan fingerprint density at radius 2 is 2.00 bits per heavy atom. The Bertz CT molecular complexity index is 702. The summed E-state index contributed by atoms with van der Waals surface area (Å²) < 4.78 is 1.11. The Hall–Kier alpha value is -1.33. The highest BCUT2D eigenvalue weighted by atomic mass is 79.9. The molecule has 0 N–H and O–H groups in total. The number of benzene rings is 1. The van der Waals surface area contributed by atoms with Gasteiger partial charge in [-0.25, -0.2) is 0 Å². The molecule has 3 unspecified atom stereocenters. The molecule has 2 aliphatic heterocycles. The summed E-state index contributed by atoms with van der Waals surface area (Å²) in [6.07, 6.45) is 1.85. The van der Waals surface area contributed by atoms with Crippen LogP contribution in [0.15, 0.2) is 58.1 Å². The first-order valence-electron chi connectivity index (χ1n) is 7.40. The number of amidine groups is 1. The molecule has 3 heterocycles. The Kier molecular flexibility index (Phi) is 3.70. The lowest BCUT2D eigenvalue weighted by molar-refractivity contribution is 0.321. The quantitative estimate of drug-likeness (QED) is 0.779. The average Bonchev–Trinajstić information content (AvgIpc) is 3.05. The van der Waals surface area contributed by atoms with E-state index in [2.05, 4.69) is 63.1 Å². The predicted octanol–water partition coefficient (Wildman–Crippen LogP) is 4.43. The van der Waals surface area contributed by atoms with E-state index in [1.807, 2.05) is 30.1 Å². The molecule has 0 amide bonds. The van der Waals surface area contributed by atoms with Crippen molar-refractivity contribution in [1.82, 2.24) is 9.88 Å². The number of hydrogen-bond donors (Lipinski definition) is 0. The van der Waals surface area contributed by atoms with E-state index in [1.165, 1.54) is 5.56 Å². The van der Waals surface area contributed by atoms with Gasteiger partial charge in [-0.1, -0.05) is 52.8 Å². The maximum atomic E-state index is 4.98. The van der Waals surface area contributed by atoms with Crippen molar-refractivity contribution in [3.8, 4) is 0 Å². The molecule has 1 aromatic heterocycles. The van der Waals surface area contributed by atoms with Crippen molar-refractivity contribution in [1.29, 1.82) is 0 Å². The number of aliphatic imine (C=N–C) groups is 1. The second-order valence-corrected chi connectivity index (χ2v) is 8.01. The van der Waals surface area contributed by atoms with Crippen LogP contribution in [-0.4, -0.2) is 26.8 Å². The minimum atomic E-state index is 0.0809. The highest BCUT2D eigenvalue weighted by Gasteiger charge is 2.43. The third-order valence-corrected chi connectivity index (χ3v) is 5.72. The van der Waals surface area contributed by atoms with Gasteiger partial charge in [-0.05, 0) is 29.8 Å². The Balaban J connectivity index is 1.76. The molecule has 5 heteroatoms. The predicted molar refractivity (Wildman–Crippen MR) is 95.1 cm³/mol. The Labute approximate surface area is 143 Å². The summed E-state index contributed by atoms with van der Waals surface area (Å²) in [6, 6.07) is 15.0. The van der Waals surface area contributed by atoms with Crippen LogP contribution in [0.1, 0.15) is 30.3 Å². The number of fused-ring (bicyclic) bond motifs is 1. The molecule has 3 atom stereocenters. The first-order valence-corrected chi connectivity index (χ1v) is 9.07. The molecular weight excluding hydrogens is 358 g/mol. The van der Waals surface area contributed by atoms with Crippen LogP contribution >= 0.6 is 27.7 Å². The van der Waals surface area contributed by atoms with Gasteiger partial charge in [0, 0.05) is 22.5 Å². The van der Waals surface area contributed by atoms with Gasteiger partial charge in [-0.3, -0.25) is 9.98 Å². The van der Waals surface area contributed by atoms with Gasteiger partial charge in [0.15, 0.2) is 5.17 Å². The van der Waals surface area contributed by atoms with Crippen molar-refractivity contribution in [2.24, 2.45) is 4.99 Å². The fraction of sp³-hybridized carbons (Fsp3) is 0.294. The van der Waals surface area contributed by atoms with Crippen LogP contribution in [0.4, 0.5) is 0 Å². The van der Waals surface area contributed by atoms with Crippen molar-refractivity contribution < 1.29 is 0 Å². The second kappa shape index (κ2) is 5.70.